The van der Waals surface area contributed by atoms with Crippen molar-refractivity contribution in [2.24, 2.45) is 10.9 Å². The lowest BCUT2D eigenvalue weighted by Gasteiger charge is -2.39. The molecule has 4 nitrogen and oxygen atoms in total. The van der Waals surface area contributed by atoms with Gasteiger partial charge in [0.25, 0.3) is 0 Å². The average Bonchev–Trinajstić information content (AvgIpc) is 2.98. The third-order valence-electron chi connectivity index (χ3n) is 6.71. The highest BCUT2D eigenvalue weighted by molar-refractivity contribution is 6.31. The molecule has 3 aromatic rings. The van der Waals surface area contributed by atoms with Crippen LogP contribution in [-0.2, 0) is 9.59 Å². The molecule has 5 rings (SSSR count). The summed E-state index contributed by atoms with van der Waals surface area (Å²) in [4.78, 5) is 34.0. The maximum Gasteiger partial charge on any atom is 0.227 e. The molecule has 2 aliphatic rings. The summed E-state index contributed by atoms with van der Waals surface area (Å²) in [6, 6.07) is 22.2. The largest absolute Gasteiger partial charge is 0.302 e. The van der Waals surface area contributed by atoms with Crippen LogP contribution in [0.15, 0.2) is 77.8 Å². The normalized spacial score (nSPS) is 21.9. The fraction of sp³-hybridized carbons (Fsp3) is 0.250. The highest BCUT2D eigenvalue weighted by Gasteiger charge is 2.45. The molecule has 0 radical (unpaired) electrons. The van der Waals surface area contributed by atoms with Gasteiger partial charge in [0.15, 0.2) is 0 Å². The lowest BCUT2D eigenvalue weighted by molar-refractivity contribution is -0.123. The van der Waals surface area contributed by atoms with Gasteiger partial charge in [-0.3, -0.25) is 14.6 Å². The number of aliphatic imine (C=N–C) groups is 1. The van der Waals surface area contributed by atoms with Crippen LogP contribution in [0.3, 0.4) is 0 Å². The highest BCUT2D eigenvalue weighted by atomic mass is 35.5. The first-order valence-corrected chi connectivity index (χ1v) is 12.2. The Morgan fingerprint density at radius 1 is 0.941 bits per heavy atom. The predicted molar refractivity (Wildman–Crippen MR) is 137 cm³/mol. The average molecular weight is 491 g/mol. The third kappa shape index (κ3) is 4.17. The second-order valence-corrected chi connectivity index (χ2v) is 9.68. The maximum absolute atomic E-state index is 13.8. The van der Waals surface area contributed by atoms with Crippen LogP contribution in [0.25, 0.3) is 0 Å². The molecule has 1 fully saturated rings. The van der Waals surface area contributed by atoms with Crippen LogP contribution in [0.5, 0.6) is 0 Å². The molecule has 34 heavy (non-hydrogen) atoms. The first kappa shape index (κ1) is 22.8. The van der Waals surface area contributed by atoms with Gasteiger partial charge in [0.1, 0.15) is 5.78 Å². The molecule has 3 aromatic carbocycles. The molecular weight excluding hydrogens is 467 g/mol. The van der Waals surface area contributed by atoms with Crippen molar-refractivity contribution < 1.29 is 9.59 Å². The Kier molecular flexibility index (Phi) is 6.28. The predicted octanol–water partition coefficient (Wildman–Crippen LogP) is 7.33. The van der Waals surface area contributed by atoms with E-state index in [0.717, 1.165) is 22.5 Å². The number of rotatable bonds is 3. The van der Waals surface area contributed by atoms with Gasteiger partial charge in [0, 0.05) is 28.6 Å². The number of carbonyl (C=O) groups excluding carboxylic acids is 2. The number of carbonyl (C=O) groups is 2. The summed E-state index contributed by atoms with van der Waals surface area (Å²) in [6.45, 7) is 1.84. The molecule has 0 N–H and O–H groups in total. The Morgan fingerprint density at radius 3 is 2.44 bits per heavy atom. The van der Waals surface area contributed by atoms with E-state index in [-0.39, 0.29) is 17.6 Å². The molecule has 3 atom stereocenters. The summed E-state index contributed by atoms with van der Waals surface area (Å²) >= 11 is 12.5. The van der Waals surface area contributed by atoms with Crippen LogP contribution in [-0.4, -0.2) is 17.4 Å². The van der Waals surface area contributed by atoms with Crippen LogP contribution in [0.4, 0.5) is 11.4 Å². The molecule has 1 saturated carbocycles. The van der Waals surface area contributed by atoms with E-state index >= 15 is 0 Å². The molecule has 1 aliphatic carbocycles. The summed E-state index contributed by atoms with van der Waals surface area (Å²) < 4.78 is 0. The number of fused-ring (bicyclic) bond motifs is 2. The minimum absolute atomic E-state index is 0.0142. The number of halogens is 2. The second kappa shape index (κ2) is 9.36. The monoisotopic (exact) mass is 490 g/mol. The van der Waals surface area contributed by atoms with E-state index in [4.69, 9.17) is 28.2 Å². The maximum atomic E-state index is 13.8. The molecule has 0 saturated heterocycles. The van der Waals surface area contributed by atoms with Crippen molar-refractivity contribution in [3.05, 3.63) is 94.0 Å². The number of hydrogen-bond acceptors (Lipinski definition) is 3. The van der Waals surface area contributed by atoms with Crippen LogP contribution in [0.2, 0.25) is 10.0 Å². The Hall–Kier alpha value is -2.95. The Labute approximate surface area is 209 Å². The van der Waals surface area contributed by atoms with E-state index in [0.29, 0.717) is 35.0 Å². The van der Waals surface area contributed by atoms with Gasteiger partial charge in [-0.05, 0) is 59.9 Å². The van der Waals surface area contributed by atoms with Gasteiger partial charge >= 0.3 is 0 Å². The lowest BCUT2D eigenvalue weighted by atomic mass is 9.72. The van der Waals surface area contributed by atoms with Gasteiger partial charge in [-0.2, -0.15) is 0 Å². The van der Waals surface area contributed by atoms with Crippen molar-refractivity contribution in [3.8, 4) is 0 Å². The molecule has 172 valence electrons. The number of ketones is 1. The minimum Gasteiger partial charge on any atom is -0.302 e. The van der Waals surface area contributed by atoms with Gasteiger partial charge < -0.3 is 4.90 Å². The van der Waals surface area contributed by atoms with E-state index in [9.17, 15) is 9.59 Å². The zero-order valence-corrected chi connectivity index (χ0v) is 20.3. The van der Waals surface area contributed by atoms with Crippen LogP contribution in [0.1, 0.15) is 49.3 Å². The first-order valence-electron chi connectivity index (χ1n) is 11.5. The first-order chi connectivity index (χ1) is 16.5. The van der Waals surface area contributed by atoms with Crippen molar-refractivity contribution in [1.82, 2.24) is 0 Å². The van der Waals surface area contributed by atoms with Crippen molar-refractivity contribution in [2.45, 2.75) is 38.1 Å². The van der Waals surface area contributed by atoms with Crippen LogP contribution < -0.4 is 4.90 Å². The molecule has 1 heterocycles. The van der Waals surface area contributed by atoms with Gasteiger partial charge in [-0.1, -0.05) is 66.5 Å². The quantitative estimate of drug-likeness (QED) is 0.385. The number of nitrogens with zero attached hydrogens (tertiary/aromatic N) is 2. The summed E-state index contributed by atoms with van der Waals surface area (Å²) in [5.74, 6) is -0.497. The molecule has 3 unspecified atom stereocenters. The van der Waals surface area contributed by atoms with Gasteiger partial charge in [0.05, 0.1) is 23.3 Å². The summed E-state index contributed by atoms with van der Waals surface area (Å²) in [5, 5.41) is 1.24. The van der Waals surface area contributed by atoms with E-state index in [1.54, 1.807) is 11.0 Å². The van der Waals surface area contributed by atoms with E-state index in [1.165, 1.54) is 0 Å². The minimum atomic E-state index is -0.537. The summed E-state index contributed by atoms with van der Waals surface area (Å²) in [7, 11) is 0. The molecule has 0 aromatic heterocycles. The standard InChI is InChI=1S/C28H24Cl2N2O2/c1-2-26(34)32-24-9-4-3-8-22(24)31-23-15-19(17-10-12-20(29)13-11-17)16-25(33)27(23)28(32)18-6-5-7-21(30)14-18/h3-14,19,27-28H,2,15-16H2,1H3. The fourth-order valence-corrected chi connectivity index (χ4v) is 5.48. The Morgan fingerprint density at radius 2 is 1.71 bits per heavy atom. The molecule has 6 heteroatoms. The topological polar surface area (TPSA) is 49.7 Å². The van der Waals surface area contributed by atoms with Gasteiger partial charge in [-0.15, -0.1) is 0 Å². The number of anilines is 1. The number of benzene rings is 3. The zero-order chi connectivity index (χ0) is 23.8. The van der Waals surface area contributed by atoms with E-state index in [2.05, 4.69) is 0 Å². The van der Waals surface area contributed by atoms with Crippen LogP contribution >= 0.6 is 23.2 Å². The zero-order valence-electron chi connectivity index (χ0n) is 18.7. The summed E-state index contributed by atoms with van der Waals surface area (Å²) in [6.07, 6.45) is 1.33. The highest BCUT2D eigenvalue weighted by Crippen LogP contribution is 2.47. The fourth-order valence-electron chi connectivity index (χ4n) is 5.16. The molecule has 1 aliphatic heterocycles. The van der Waals surface area contributed by atoms with Crippen molar-refractivity contribution in [2.75, 3.05) is 4.90 Å². The number of amides is 1. The van der Waals surface area contributed by atoms with Crippen LogP contribution in [0, 0.1) is 5.92 Å². The third-order valence-corrected chi connectivity index (χ3v) is 7.20. The van der Waals surface area contributed by atoms with E-state index < -0.39 is 12.0 Å². The Balaban J connectivity index is 1.68. The molecule has 1 amide bonds. The smallest absolute Gasteiger partial charge is 0.227 e. The van der Waals surface area contributed by atoms with Crippen molar-refractivity contribution in [3.63, 3.8) is 0 Å². The number of para-hydroxylation sites is 2. The van der Waals surface area contributed by atoms with Gasteiger partial charge in [0.2, 0.25) is 5.91 Å². The SMILES string of the molecule is CCC(=O)N1c2ccccc2N=C2CC(c3ccc(Cl)cc3)CC(=O)C2C1c1cccc(Cl)c1. The summed E-state index contributed by atoms with van der Waals surface area (Å²) in [5.41, 5.74) is 4.13. The van der Waals surface area contributed by atoms with Crippen molar-refractivity contribution >= 4 is 52.0 Å². The number of hydrogen-bond donors (Lipinski definition) is 0. The molecule has 0 spiro atoms. The number of Topliss-reactive ketones (excluding diaryl/α,β-unsaturated/α-hetero) is 1. The Bertz CT molecular complexity index is 1290. The van der Waals surface area contributed by atoms with Crippen molar-refractivity contribution in [1.29, 1.82) is 0 Å². The lowest BCUT2D eigenvalue weighted by Crippen LogP contribution is -2.45. The second-order valence-electron chi connectivity index (χ2n) is 8.81. The molecule has 0 bridgehead atoms. The van der Waals surface area contributed by atoms with Gasteiger partial charge in [-0.25, -0.2) is 0 Å². The molecular formula is C28H24Cl2N2O2. The van der Waals surface area contributed by atoms with E-state index in [1.807, 2.05) is 73.7 Å².